The SMILES string of the molecule is CC(NC(=O)CC1CCCCC1)c1ccc(N)cc1. The number of rotatable bonds is 4. The molecule has 1 amide bonds. The highest BCUT2D eigenvalue weighted by Crippen LogP contribution is 2.26. The Balaban J connectivity index is 1.82. The summed E-state index contributed by atoms with van der Waals surface area (Å²) in [6.07, 6.45) is 7.00. The smallest absolute Gasteiger partial charge is 0.220 e. The molecular weight excluding hydrogens is 236 g/mol. The minimum Gasteiger partial charge on any atom is -0.399 e. The van der Waals surface area contributed by atoms with Crippen molar-refractivity contribution in [1.82, 2.24) is 5.32 Å². The molecule has 1 aliphatic carbocycles. The number of amides is 1. The van der Waals surface area contributed by atoms with Crippen LogP contribution >= 0.6 is 0 Å². The van der Waals surface area contributed by atoms with Crippen LogP contribution in [0, 0.1) is 5.92 Å². The number of benzene rings is 1. The van der Waals surface area contributed by atoms with E-state index in [1.807, 2.05) is 31.2 Å². The predicted molar refractivity (Wildman–Crippen MR) is 78.6 cm³/mol. The van der Waals surface area contributed by atoms with Crippen molar-refractivity contribution in [2.75, 3.05) is 5.73 Å². The molecule has 0 bridgehead atoms. The Labute approximate surface area is 115 Å². The lowest BCUT2D eigenvalue weighted by atomic mass is 9.87. The first kappa shape index (κ1) is 13.9. The Hall–Kier alpha value is -1.51. The highest BCUT2D eigenvalue weighted by Gasteiger charge is 2.18. The van der Waals surface area contributed by atoms with E-state index in [9.17, 15) is 4.79 Å². The molecule has 0 aromatic heterocycles. The lowest BCUT2D eigenvalue weighted by Crippen LogP contribution is -2.28. The number of carbonyl (C=O) groups is 1. The highest BCUT2D eigenvalue weighted by molar-refractivity contribution is 5.76. The number of carbonyl (C=O) groups excluding carboxylic acids is 1. The maximum Gasteiger partial charge on any atom is 0.220 e. The summed E-state index contributed by atoms with van der Waals surface area (Å²) in [5.41, 5.74) is 7.52. The van der Waals surface area contributed by atoms with Crippen LogP contribution in [0.4, 0.5) is 5.69 Å². The largest absolute Gasteiger partial charge is 0.399 e. The molecule has 0 heterocycles. The van der Waals surface area contributed by atoms with Crippen LogP contribution in [-0.2, 0) is 4.79 Å². The minimum atomic E-state index is 0.0525. The van der Waals surface area contributed by atoms with Crippen molar-refractivity contribution in [3.63, 3.8) is 0 Å². The molecule has 2 rings (SSSR count). The average molecular weight is 260 g/mol. The molecule has 1 atom stereocenters. The third-order valence-corrected chi connectivity index (χ3v) is 4.01. The summed E-state index contributed by atoms with van der Waals surface area (Å²) in [6.45, 7) is 2.02. The van der Waals surface area contributed by atoms with Gasteiger partial charge in [-0.25, -0.2) is 0 Å². The molecule has 1 saturated carbocycles. The molecule has 1 aromatic rings. The highest BCUT2D eigenvalue weighted by atomic mass is 16.1. The lowest BCUT2D eigenvalue weighted by Gasteiger charge is -2.22. The fourth-order valence-electron chi connectivity index (χ4n) is 2.82. The molecule has 3 nitrogen and oxygen atoms in total. The fourth-order valence-corrected chi connectivity index (χ4v) is 2.82. The number of nitrogens with one attached hydrogen (secondary N) is 1. The normalized spacial score (nSPS) is 17.9. The van der Waals surface area contributed by atoms with E-state index in [1.54, 1.807) is 0 Å². The van der Waals surface area contributed by atoms with Gasteiger partial charge in [-0.05, 0) is 43.4 Å². The monoisotopic (exact) mass is 260 g/mol. The lowest BCUT2D eigenvalue weighted by molar-refractivity contribution is -0.122. The standard InChI is InChI=1S/C16H24N2O/c1-12(14-7-9-15(17)10-8-14)18-16(19)11-13-5-3-2-4-6-13/h7-10,12-13H,2-6,11,17H2,1H3,(H,18,19). The van der Waals surface area contributed by atoms with E-state index in [2.05, 4.69) is 5.32 Å². The van der Waals surface area contributed by atoms with Gasteiger partial charge in [0.2, 0.25) is 5.91 Å². The third kappa shape index (κ3) is 4.27. The van der Waals surface area contributed by atoms with Gasteiger partial charge >= 0.3 is 0 Å². The van der Waals surface area contributed by atoms with E-state index < -0.39 is 0 Å². The maximum absolute atomic E-state index is 12.0. The molecule has 1 aliphatic rings. The molecule has 3 heteroatoms. The van der Waals surface area contributed by atoms with Crippen LogP contribution in [0.15, 0.2) is 24.3 Å². The second kappa shape index (κ2) is 6.60. The predicted octanol–water partition coefficient (Wildman–Crippen LogP) is 3.42. The number of hydrogen-bond acceptors (Lipinski definition) is 2. The van der Waals surface area contributed by atoms with E-state index in [0.29, 0.717) is 12.3 Å². The van der Waals surface area contributed by atoms with Gasteiger partial charge in [0.15, 0.2) is 0 Å². The van der Waals surface area contributed by atoms with Crippen molar-refractivity contribution in [1.29, 1.82) is 0 Å². The summed E-state index contributed by atoms with van der Waals surface area (Å²) in [5.74, 6) is 0.767. The summed E-state index contributed by atoms with van der Waals surface area (Å²) in [5, 5.41) is 3.08. The summed E-state index contributed by atoms with van der Waals surface area (Å²) in [7, 11) is 0. The van der Waals surface area contributed by atoms with Gasteiger partial charge < -0.3 is 11.1 Å². The van der Waals surface area contributed by atoms with Crippen molar-refractivity contribution >= 4 is 11.6 Å². The van der Waals surface area contributed by atoms with Crippen LogP contribution in [0.2, 0.25) is 0 Å². The zero-order valence-electron chi connectivity index (χ0n) is 11.7. The number of nitrogen functional groups attached to an aromatic ring is 1. The van der Waals surface area contributed by atoms with Crippen LogP contribution < -0.4 is 11.1 Å². The Morgan fingerprint density at radius 2 is 1.89 bits per heavy atom. The van der Waals surface area contributed by atoms with Gasteiger partial charge in [0.05, 0.1) is 6.04 Å². The number of nitrogens with two attached hydrogens (primary N) is 1. The first-order valence-electron chi connectivity index (χ1n) is 7.30. The van der Waals surface area contributed by atoms with Crippen LogP contribution in [0.1, 0.15) is 57.1 Å². The van der Waals surface area contributed by atoms with E-state index in [-0.39, 0.29) is 11.9 Å². The maximum atomic E-state index is 12.0. The molecule has 3 N–H and O–H groups in total. The second-order valence-corrected chi connectivity index (χ2v) is 5.66. The summed E-state index contributed by atoms with van der Waals surface area (Å²) in [4.78, 5) is 12.0. The summed E-state index contributed by atoms with van der Waals surface area (Å²) >= 11 is 0. The molecule has 104 valence electrons. The van der Waals surface area contributed by atoms with Crippen LogP contribution in [-0.4, -0.2) is 5.91 Å². The van der Waals surface area contributed by atoms with Gasteiger partial charge in [-0.2, -0.15) is 0 Å². The summed E-state index contributed by atoms with van der Waals surface area (Å²) in [6, 6.07) is 7.75. The Morgan fingerprint density at radius 3 is 2.53 bits per heavy atom. The second-order valence-electron chi connectivity index (χ2n) is 5.66. The topological polar surface area (TPSA) is 55.1 Å². The van der Waals surface area contributed by atoms with Gasteiger partial charge in [-0.15, -0.1) is 0 Å². The van der Waals surface area contributed by atoms with Crippen molar-refractivity contribution < 1.29 is 4.79 Å². The van der Waals surface area contributed by atoms with Crippen molar-refractivity contribution in [3.8, 4) is 0 Å². The number of hydrogen-bond donors (Lipinski definition) is 2. The van der Waals surface area contributed by atoms with Crippen LogP contribution in [0.5, 0.6) is 0 Å². The van der Waals surface area contributed by atoms with E-state index in [4.69, 9.17) is 5.73 Å². The van der Waals surface area contributed by atoms with Gasteiger partial charge in [0.25, 0.3) is 0 Å². The molecular formula is C16H24N2O. The average Bonchev–Trinajstić information content (AvgIpc) is 2.40. The zero-order valence-corrected chi connectivity index (χ0v) is 11.7. The van der Waals surface area contributed by atoms with Gasteiger partial charge in [-0.1, -0.05) is 31.4 Å². The van der Waals surface area contributed by atoms with E-state index in [1.165, 1.54) is 32.1 Å². The minimum absolute atomic E-state index is 0.0525. The molecule has 19 heavy (non-hydrogen) atoms. The van der Waals surface area contributed by atoms with Gasteiger partial charge in [0, 0.05) is 12.1 Å². The fraction of sp³-hybridized carbons (Fsp3) is 0.562. The zero-order chi connectivity index (χ0) is 13.7. The molecule has 1 aromatic carbocycles. The quantitative estimate of drug-likeness (QED) is 0.815. The molecule has 1 fully saturated rings. The first-order chi connectivity index (χ1) is 9.15. The molecule has 0 radical (unpaired) electrons. The van der Waals surface area contributed by atoms with Crippen LogP contribution in [0.25, 0.3) is 0 Å². The van der Waals surface area contributed by atoms with Crippen molar-refractivity contribution in [2.24, 2.45) is 5.92 Å². The van der Waals surface area contributed by atoms with E-state index in [0.717, 1.165) is 11.3 Å². The van der Waals surface area contributed by atoms with Gasteiger partial charge in [-0.3, -0.25) is 4.79 Å². The molecule has 0 saturated heterocycles. The van der Waals surface area contributed by atoms with E-state index >= 15 is 0 Å². The van der Waals surface area contributed by atoms with Crippen molar-refractivity contribution in [3.05, 3.63) is 29.8 Å². The Kier molecular flexibility index (Phi) is 4.83. The number of anilines is 1. The van der Waals surface area contributed by atoms with Gasteiger partial charge in [0.1, 0.15) is 0 Å². The third-order valence-electron chi connectivity index (χ3n) is 4.01. The molecule has 0 aliphatic heterocycles. The van der Waals surface area contributed by atoms with Crippen molar-refractivity contribution in [2.45, 2.75) is 51.5 Å². The Morgan fingerprint density at radius 1 is 1.26 bits per heavy atom. The summed E-state index contributed by atoms with van der Waals surface area (Å²) < 4.78 is 0. The van der Waals surface area contributed by atoms with Crippen LogP contribution in [0.3, 0.4) is 0 Å². The Bertz CT molecular complexity index is 407. The molecule has 0 spiro atoms. The first-order valence-corrected chi connectivity index (χ1v) is 7.30. The molecule has 1 unspecified atom stereocenters.